The van der Waals surface area contributed by atoms with E-state index in [-0.39, 0.29) is 21.2 Å². The van der Waals surface area contributed by atoms with Crippen LogP contribution in [0.15, 0.2) is 47.4 Å². The highest BCUT2D eigenvalue weighted by Crippen LogP contribution is 2.24. The van der Waals surface area contributed by atoms with Gasteiger partial charge in [0, 0.05) is 11.3 Å². The molecule has 0 heterocycles. The Kier molecular flexibility index (Phi) is 4.56. The minimum absolute atomic E-state index is 0.0384. The molecule has 2 rings (SSSR count). The molecule has 0 saturated carbocycles. The van der Waals surface area contributed by atoms with E-state index in [4.69, 9.17) is 23.2 Å². The monoisotopic (exact) mass is 343 g/mol. The zero-order valence-corrected chi connectivity index (χ0v) is 13.3. The van der Waals surface area contributed by atoms with Gasteiger partial charge in [-0.25, -0.2) is 8.42 Å². The molecule has 4 nitrogen and oxygen atoms in total. The summed E-state index contributed by atoms with van der Waals surface area (Å²) >= 11 is 11.8. The van der Waals surface area contributed by atoms with Gasteiger partial charge in [0.1, 0.15) is 0 Å². The van der Waals surface area contributed by atoms with E-state index in [1.54, 1.807) is 18.2 Å². The van der Waals surface area contributed by atoms with Crippen molar-refractivity contribution in [1.29, 1.82) is 0 Å². The summed E-state index contributed by atoms with van der Waals surface area (Å²) in [5.41, 5.74) is 0.369. The van der Waals surface area contributed by atoms with Crippen molar-refractivity contribution >= 4 is 44.6 Å². The van der Waals surface area contributed by atoms with Crippen molar-refractivity contribution in [2.75, 3.05) is 11.6 Å². The lowest BCUT2D eigenvalue weighted by Gasteiger charge is -2.10. The standard InChI is InChI=1S/C14H11Cl2NO3S/c1-21(19,20)13-5-3-2-4-12(13)17-14(18)10-8-9(15)6-7-11(10)16/h2-8H,1H3,(H,17,18). The lowest BCUT2D eigenvalue weighted by molar-refractivity contribution is 0.102. The molecule has 0 aromatic heterocycles. The maximum absolute atomic E-state index is 12.2. The van der Waals surface area contributed by atoms with Crippen molar-refractivity contribution in [3.8, 4) is 0 Å². The van der Waals surface area contributed by atoms with Gasteiger partial charge in [-0.3, -0.25) is 4.79 Å². The van der Waals surface area contributed by atoms with Gasteiger partial charge < -0.3 is 5.32 Å². The largest absolute Gasteiger partial charge is 0.321 e. The molecular formula is C14H11Cl2NO3S. The van der Waals surface area contributed by atoms with Crippen molar-refractivity contribution in [2.45, 2.75) is 4.90 Å². The van der Waals surface area contributed by atoms with Gasteiger partial charge in [0.25, 0.3) is 5.91 Å². The maximum atomic E-state index is 12.2. The number of hydrogen-bond acceptors (Lipinski definition) is 3. The first-order valence-corrected chi connectivity index (χ1v) is 8.49. The summed E-state index contributed by atoms with van der Waals surface area (Å²) in [6, 6.07) is 10.6. The molecule has 0 spiro atoms. The van der Waals surface area contributed by atoms with E-state index < -0.39 is 15.7 Å². The summed E-state index contributed by atoms with van der Waals surface area (Å²) in [6.45, 7) is 0. The Labute approximate surface area is 132 Å². The molecular weight excluding hydrogens is 333 g/mol. The average Bonchev–Trinajstić information content (AvgIpc) is 2.41. The highest BCUT2D eigenvalue weighted by atomic mass is 35.5. The van der Waals surface area contributed by atoms with Crippen molar-refractivity contribution in [3.05, 3.63) is 58.1 Å². The number of para-hydroxylation sites is 1. The number of hydrogen-bond donors (Lipinski definition) is 1. The summed E-state index contributed by atoms with van der Waals surface area (Å²) in [7, 11) is -3.45. The average molecular weight is 344 g/mol. The molecule has 21 heavy (non-hydrogen) atoms. The summed E-state index contributed by atoms with van der Waals surface area (Å²) < 4.78 is 23.4. The molecule has 1 amide bonds. The molecule has 0 aliphatic rings. The minimum atomic E-state index is -3.45. The molecule has 0 fully saturated rings. The first kappa shape index (κ1) is 15.8. The molecule has 0 bridgehead atoms. The van der Waals surface area contributed by atoms with Crippen LogP contribution in [0.4, 0.5) is 5.69 Å². The Morgan fingerprint density at radius 1 is 1.10 bits per heavy atom. The fourth-order valence-corrected chi connectivity index (χ4v) is 2.97. The lowest BCUT2D eigenvalue weighted by atomic mass is 10.2. The highest BCUT2D eigenvalue weighted by Gasteiger charge is 2.17. The Morgan fingerprint density at radius 3 is 2.43 bits per heavy atom. The lowest BCUT2D eigenvalue weighted by Crippen LogP contribution is -2.15. The van der Waals surface area contributed by atoms with Gasteiger partial charge in [-0.2, -0.15) is 0 Å². The van der Waals surface area contributed by atoms with E-state index in [9.17, 15) is 13.2 Å². The van der Waals surface area contributed by atoms with E-state index >= 15 is 0 Å². The molecule has 7 heteroatoms. The van der Waals surface area contributed by atoms with E-state index in [0.29, 0.717) is 5.02 Å². The van der Waals surface area contributed by atoms with Crippen LogP contribution in [0.2, 0.25) is 10.0 Å². The Morgan fingerprint density at radius 2 is 1.76 bits per heavy atom. The smallest absolute Gasteiger partial charge is 0.257 e. The molecule has 0 aliphatic carbocycles. The van der Waals surface area contributed by atoms with Crippen molar-refractivity contribution in [2.24, 2.45) is 0 Å². The predicted octanol–water partition coefficient (Wildman–Crippen LogP) is 3.65. The maximum Gasteiger partial charge on any atom is 0.257 e. The van der Waals surface area contributed by atoms with Crippen LogP contribution in [-0.4, -0.2) is 20.6 Å². The van der Waals surface area contributed by atoms with Gasteiger partial charge in [-0.05, 0) is 30.3 Å². The number of nitrogens with one attached hydrogen (secondary N) is 1. The second-order valence-corrected chi connectivity index (χ2v) is 7.17. The third-order valence-corrected chi connectivity index (χ3v) is 4.43. The number of sulfone groups is 1. The zero-order valence-electron chi connectivity index (χ0n) is 10.9. The van der Waals surface area contributed by atoms with Gasteiger partial charge in [0.15, 0.2) is 9.84 Å². The summed E-state index contributed by atoms with van der Waals surface area (Å²) in [5.74, 6) is -0.529. The fraction of sp³-hybridized carbons (Fsp3) is 0.0714. The SMILES string of the molecule is CS(=O)(=O)c1ccccc1NC(=O)c1cc(Cl)ccc1Cl. The zero-order chi connectivity index (χ0) is 15.6. The number of benzene rings is 2. The topological polar surface area (TPSA) is 63.2 Å². The first-order chi connectivity index (χ1) is 9.79. The molecule has 0 aliphatic heterocycles. The Bertz CT molecular complexity index is 804. The first-order valence-electron chi connectivity index (χ1n) is 5.84. The molecule has 0 unspecified atom stereocenters. The van der Waals surface area contributed by atoms with Gasteiger partial charge >= 0.3 is 0 Å². The quantitative estimate of drug-likeness (QED) is 0.924. The minimum Gasteiger partial charge on any atom is -0.321 e. The van der Waals surface area contributed by atoms with Crippen LogP contribution in [0.3, 0.4) is 0 Å². The normalized spacial score (nSPS) is 11.2. The predicted molar refractivity (Wildman–Crippen MR) is 84.0 cm³/mol. The number of halogens is 2. The van der Waals surface area contributed by atoms with Crippen LogP contribution in [0.1, 0.15) is 10.4 Å². The van der Waals surface area contributed by atoms with Gasteiger partial charge in [0.05, 0.1) is 21.2 Å². The van der Waals surface area contributed by atoms with E-state index in [1.165, 1.54) is 24.3 Å². The van der Waals surface area contributed by atoms with Gasteiger partial charge in [-0.1, -0.05) is 35.3 Å². The molecule has 2 aromatic carbocycles. The third-order valence-electron chi connectivity index (χ3n) is 2.71. The highest BCUT2D eigenvalue weighted by molar-refractivity contribution is 7.90. The third kappa shape index (κ3) is 3.75. The van der Waals surface area contributed by atoms with Crippen molar-refractivity contribution < 1.29 is 13.2 Å². The molecule has 0 radical (unpaired) electrons. The number of amides is 1. The van der Waals surface area contributed by atoms with Crippen LogP contribution in [0.25, 0.3) is 0 Å². The van der Waals surface area contributed by atoms with Crippen LogP contribution in [0.5, 0.6) is 0 Å². The van der Waals surface area contributed by atoms with Crippen molar-refractivity contribution in [1.82, 2.24) is 0 Å². The number of carbonyl (C=O) groups excluding carboxylic acids is 1. The molecule has 0 saturated heterocycles. The van der Waals surface area contributed by atoms with E-state index in [1.807, 2.05) is 0 Å². The second-order valence-electron chi connectivity index (χ2n) is 4.35. The van der Waals surface area contributed by atoms with Crippen LogP contribution < -0.4 is 5.32 Å². The number of rotatable bonds is 3. The summed E-state index contributed by atoms with van der Waals surface area (Å²) in [4.78, 5) is 12.3. The van der Waals surface area contributed by atoms with Crippen LogP contribution >= 0.6 is 23.2 Å². The van der Waals surface area contributed by atoms with Gasteiger partial charge in [-0.15, -0.1) is 0 Å². The van der Waals surface area contributed by atoms with E-state index in [2.05, 4.69) is 5.32 Å². The number of carbonyl (C=O) groups is 1. The summed E-state index contributed by atoms with van der Waals surface area (Å²) in [5, 5.41) is 3.13. The molecule has 2 aromatic rings. The summed E-state index contributed by atoms with van der Waals surface area (Å²) in [6.07, 6.45) is 1.07. The van der Waals surface area contributed by atoms with Crippen molar-refractivity contribution in [3.63, 3.8) is 0 Å². The molecule has 1 N–H and O–H groups in total. The van der Waals surface area contributed by atoms with Crippen LogP contribution in [-0.2, 0) is 9.84 Å². The Balaban J connectivity index is 2.39. The molecule has 0 atom stereocenters. The molecule has 110 valence electrons. The van der Waals surface area contributed by atoms with E-state index in [0.717, 1.165) is 6.26 Å². The fourth-order valence-electron chi connectivity index (χ4n) is 1.75. The second kappa shape index (κ2) is 6.05. The van der Waals surface area contributed by atoms with Gasteiger partial charge in [0.2, 0.25) is 0 Å². The Hall–Kier alpha value is -1.56. The number of anilines is 1. The van der Waals surface area contributed by atoms with Crippen LogP contribution in [0, 0.1) is 0 Å².